The lowest BCUT2D eigenvalue weighted by Gasteiger charge is -2.26. The van der Waals surface area contributed by atoms with Crippen LogP contribution in [0.15, 0.2) is 228 Å². The van der Waals surface area contributed by atoms with Crippen LogP contribution >= 0.6 is 0 Å². The lowest BCUT2D eigenvalue weighted by molar-refractivity contribution is 0.516. The minimum atomic E-state index is -0.534. The van der Waals surface area contributed by atoms with Gasteiger partial charge in [-0.3, -0.25) is 4.57 Å². The molecule has 1 aliphatic heterocycles. The van der Waals surface area contributed by atoms with E-state index in [4.69, 9.17) is 15.0 Å². The van der Waals surface area contributed by atoms with E-state index in [1.807, 2.05) is 18.2 Å². The summed E-state index contributed by atoms with van der Waals surface area (Å²) in [6, 6.07) is 76.7. The summed E-state index contributed by atoms with van der Waals surface area (Å²) in [5, 5.41) is 8.47. The molecule has 0 amide bonds. The molecule has 6 heteroatoms. The Labute approximate surface area is 358 Å². The van der Waals surface area contributed by atoms with Gasteiger partial charge in [-0.2, -0.15) is 0 Å². The van der Waals surface area contributed by atoms with Gasteiger partial charge >= 0.3 is 0 Å². The van der Waals surface area contributed by atoms with Crippen molar-refractivity contribution in [2.24, 2.45) is 9.98 Å². The summed E-state index contributed by atoms with van der Waals surface area (Å²) in [6.07, 6.45) is -0.534. The maximum Gasteiger partial charge on any atom is 0.204 e. The molecule has 0 saturated carbocycles. The smallest absolute Gasteiger partial charge is 0.204 e. The van der Waals surface area contributed by atoms with E-state index < -0.39 is 6.29 Å². The zero-order chi connectivity index (χ0) is 41.0. The number of nitrogens with zero attached hydrogens (tertiary/aromatic N) is 5. The number of aliphatic imine (C=N–C) groups is 2. The average molecular weight is 795 g/mol. The van der Waals surface area contributed by atoms with Gasteiger partial charge in [0, 0.05) is 49.5 Å². The van der Waals surface area contributed by atoms with Gasteiger partial charge in [-0.1, -0.05) is 176 Å². The van der Waals surface area contributed by atoms with E-state index in [1.165, 1.54) is 10.8 Å². The quantitative estimate of drug-likeness (QED) is 0.175. The Kier molecular flexibility index (Phi) is 8.45. The average Bonchev–Trinajstić information content (AvgIpc) is 3.88. The van der Waals surface area contributed by atoms with E-state index in [1.54, 1.807) is 0 Å². The Morgan fingerprint density at radius 3 is 1.69 bits per heavy atom. The minimum Gasteiger partial charge on any atom is -0.331 e. The van der Waals surface area contributed by atoms with Crippen LogP contribution in [0.3, 0.4) is 0 Å². The number of amidine groups is 2. The van der Waals surface area contributed by atoms with Crippen molar-refractivity contribution in [1.29, 1.82) is 0 Å². The molecule has 3 aromatic heterocycles. The molecule has 4 heterocycles. The molecular weight excluding hydrogens is 757 g/mol. The van der Waals surface area contributed by atoms with Crippen molar-refractivity contribution in [3.63, 3.8) is 0 Å². The fraction of sp³-hybridized carbons (Fsp3) is 0.0179. The summed E-state index contributed by atoms with van der Waals surface area (Å²) in [4.78, 5) is 15.9. The van der Waals surface area contributed by atoms with Gasteiger partial charge in [-0.05, 0) is 53.6 Å². The van der Waals surface area contributed by atoms with Crippen LogP contribution in [0.25, 0.3) is 82.9 Å². The number of hydrogen-bond acceptors (Lipinski definition) is 4. The van der Waals surface area contributed by atoms with Crippen LogP contribution in [0, 0.1) is 0 Å². The highest BCUT2D eigenvalue weighted by molar-refractivity contribution is 6.23. The highest BCUT2D eigenvalue weighted by atomic mass is 15.3. The van der Waals surface area contributed by atoms with Crippen molar-refractivity contribution < 1.29 is 0 Å². The molecule has 11 aromatic rings. The van der Waals surface area contributed by atoms with Gasteiger partial charge in [-0.25, -0.2) is 15.0 Å². The lowest BCUT2D eigenvalue weighted by atomic mass is 10.0. The van der Waals surface area contributed by atoms with Gasteiger partial charge in [0.1, 0.15) is 5.84 Å². The number of para-hydroxylation sites is 2. The molecule has 8 aromatic carbocycles. The molecule has 62 heavy (non-hydrogen) atoms. The van der Waals surface area contributed by atoms with Crippen LogP contribution in [0.2, 0.25) is 0 Å². The number of hydrogen-bond donors (Lipinski definition) is 1. The standard InChI is InChI=1S/C56H38N6/c1-4-17-37(18-5-1)40-23-14-25-42(35-40)55-58-54(39-21-8-3-9-22-39)59-56(60-55)62-51-32-13-11-28-45(51)47-34-33-46-44-27-10-12-31-50(44)61(52(46)53(47)62)43-26-15-24-41(36-43)49-30-16-29-48(57-49)38-19-6-2-7-20-38/h1-36,56H,(H,58,59,60). The molecule has 12 rings (SSSR count). The third kappa shape index (κ3) is 6.00. The van der Waals surface area contributed by atoms with E-state index >= 15 is 0 Å². The van der Waals surface area contributed by atoms with E-state index in [2.05, 4.69) is 215 Å². The first-order chi connectivity index (χ1) is 30.7. The zero-order valence-corrected chi connectivity index (χ0v) is 33.6. The first kappa shape index (κ1) is 35.6. The second-order valence-corrected chi connectivity index (χ2v) is 15.7. The molecule has 292 valence electrons. The third-order valence-corrected chi connectivity index (χ3v) is 12.0. The molecule has 0 fully saturated rings. The maximum atomic E-state index is 5.52. The lowest BCUT2D eigenvalue weighted by Crippen LogP contribution is -2.36. The summed E-state index contributed by atoms with van der Waals surface area (Å²) in [5.74, 6) is 1.43. The van der Waals surface area contributed by atoms with Crippen molar-refractivity contribution in [2.75, 3.05) is 0 Å². The van der Waals surface area contributed by atoms with Gasteiger partial charge in [0.05, 0.1) is 33.5 Å². The molecule has 0 bridgehead atoms. The number of benzene rings is 8. The number of nitrogens with one attached hydrogen (secondary N) is 1. The Morgan fingerprint density at radius 2 is 0.935 bits per heavy atom. The molecule has 0 saturated heterocycles. The Hall–Kier alpha value is -8.35. The van der Waals surface area contributed by atoms with E-state index in [-0.39, 0.29) is 0 Å². The summed E-state index contributed by atoms with van der Waals surface area (Å²) >= 11 is 0. The second-order valence-electron chi connectivity index (χ2n) is 15.7. The van der Waals surface area contributed by atoms with Crippen LogP contribution in [-0.4, -0.2) is 25.8 Å². The maximum absolute atomic E-state index is 5.52. The Bertz CT molecular complexity index is 3550. The minimum absolute atomic E-state index is 0.534. The monoisotopic (exact) mass is 794 g/mol. The van der Waals surface area contributed by atoms with E-state index in [0.717, 1.165) is 89.1 Å². The SMILES string of the molecule is c1ccc(C2=NC(c3cccc(-c4ccccc4)c3)=NC(n3c4ccccc4c4ccc5c6ccccc6n(-c6cccc(-c7cccc(-c8ccccc8)n7)c6)c5c43)N2)cc1. The zero-order valence-electron chi connectivity index (χ0n) is 33.6. The van der Waals surface area contributed by atoms with Crippen LogP contribution in [0.1, 0.15) is 17.4 Å². The first-order valence-corrected chi connectivity index (χ1v) is 21.0. The van der Waals surface area contributed by atoms with Gasteiger partial charge in [0.2, 0.25) is 6.29 Å². The summed E-state index contributed by atoms with van der Waals surface area (Å²) in [7, 11) is 0. The van der Waals surface area contributed by atoms with Gasteiger partial charge < -0.3 is 9.88 Å². The predicted molar refractivity (Wildman–Crippen MR) is 256 cm³/mol. The predicted octanol–water partition coefficient (Wildman–Crippen LogP) is 13.2. The molecule has 0 radical (unpaired) electrons. The fourth-order valence-corrected chi connectivity index (χ4v) is 9.14. The highest BCUT2D eigenvalue weighted by Crippen LogP contribution is 2.42. The molecule has 0 spiro atoms. The van der Waals surface area contributed by atoms with Crippen LogP contribution in [0.5, 0.6) is 0 Å². The molecule has 0 aliphatic carbocycles. The van der Waals surface area contributed by atoms with Crippen LogP contribution in [0.4, 0.5) is 0 Å². The molecule has 1 unspecified atom stereocenters. The van der Waals surface area contributed by atoms with E-state index in [9.17, 15) is 0 Å². The first-order valence-electron chi connectivity index (χ1n) is 21.0. The van der Waals surface area contributed by atoms with Crippen molar-refractivity contribution in [1.82, 2.24) is 19.4 Å². The van der Waals surface area contributed by atoms with Crippen molar-refractivity contribution >= 4 is 55.3 Å². The van der Waals surface area contributed by atoms with Crippen LogP contribution < -0.4 is 5.32 Å². The third-order valence-electron chi connectivity index (χ3n) is 12.0. The highest BCUT2D eigenvalue weighted by Gasteiger charge is 2.27. The summed E-state index contributed by atoms with van der Waals surface area (Å²) in [5.41, 5.74) is 13.7. The number of pyridine rings is 1. The van der Waals surface area contributed by atoms with Gasteiger partial charge in [-0.15, -0.1) is 0 Å². The molecule has 6 nitrogen and oxygen atoms in total. The summed E-state index contributed by atoms with van der Waals surface area (Å²) < 4.78 is 4.81. The molecule has 1 aliphatic rings. The number of aromatic nitrogens is 3. The number of fused-ring (bicyclic) bond motifs is 7. The second kappa shape index (κ2) is 14.7. The molecule has 1 atom stereocenters. The van der Waals surface area contributed by atoms with Crippen molar-refractivity contribution in [3.05, 3.63) is 230 Å². The largest absolute Gasteiger partial charge is 0.331 e. The van der Waals surface area contributed by atoms with Crippen molar-refractivity contribution in [2.45, 2.75) is 6.29 Å². The van der Waals surface area contributed by atoms with Gasteiger partial charge in [0.25, 0.3) is 0 Å². The van der Waals surface area contributed by atoms with Gasteiger partial charge in [0.15, 0.2) is 5.84 Å². The Balaban J connectivity index is 1.10. The Morgan fingerprint density at radius 1 is 0.387 bits per heavy atom. The molecular formula is C56H38N6. The van der Waals surface area contributed by atoms with E-state index in [0.29, 0.717) is 5.84 Å². The fourth-order valence-electron chi connectivity index (χ4n) is 9.14. The topological polar surface area (TPSA) is 59.5 Å². The molecule has 1 N–H and O–H groups in total. The van der Waals surface area contributed by atoms with Crippen molar-refractivity contribution in [3.8, 4) is 39.3 Å². The number of rotatable bonds is 7. The summed E-state index contributed by atoms with van der Waals surface area (Å²) in [6.45, 7) is 0. The van der Waals surface area contributed by atoms with Crippen LogP contribution in [-0.2, 0) is 0 Å². The normalized spacial score (nSPS) is 14.0.